The Morgan fingerprint density at radius 2 is 2.18 bits per heavy atom. The van der Waals surface area contributed by atoms with E-state index in [2.05, 4.69) is 5.32 Å². The average molecular weight is 239 g/mol. The van der Waals surface area contributed by atoms with E-state index >= 15 is 0 Å². The predicted octanol–water partition coefficient (Wildman–Crippen LogP) is -0.181. The summed E-state index contributed by atoms with van der Waals surface area (Å²) in [7, 11) is 1.89. The standard InChI is InChI=1S/C12H21N3O2/c1-13-6-4-7-14-9-11(16)15-8-3-2-5-10(15)12(14)17/h10,13H,2-9H2,1H3. The molecule has 0 radical (unpaired) electrons. The van der Waals surface area contributed by atoms with Crippen molar-refractivity contribution < 1.29 is 9.59 Å². The van der Waals surface area contributed by atoms with Crippen LogP contribution in [0.15, 0.2) is 0 Å². The van der Waals surface area contributed by atoms with Gasteiger partial charge < -0.3 is 15.1 Å². The van der Waals surface area contributed by atoms with Gasteiger partial charge in [-0.2, -0.15) is 0 Å². The number of hydrogen-bond donors (Lipinski definition) is 1. The van der Waals surface area contributed by atoms with Crippen molar-refractivity contribution >= 4 is 11.8 Å². The lowest BCUT2D eigenvalue weighted by Crippen LogP contribution is -2.61. The van der Waals surface area contributed by atoms with Crippen LogP contribution < -0.4 is 5.32 Å². The first kappa shape index (κ1) is 12.4. The fraction of sp³-hybridized carbons (Fsp3) is 0.833. The summed E-state index contributed by atoms with van der Waals surface area (Å²) < 4.78 is 0. The maximum absolute atomic E-state index is 12.2. The van der Waals surface area contributed by atoms with Gasteiger partial charge in [-0.05, 0) is 39.3 Å². The lowest BCUT2D eigenvalue weighted by atomic mass is 9.98. The Bertz CT molecular complexity index is 306. The number of hydrogen-bond acceptors (Lipinski definition) is 3. The summed E-state index contributed by atoms with van der Waals surface area (Å²) in [4.78, 5) is 27.7. The van der Waals surface area contributed by atoms with Crippen molar-refractivity contribution in [2.24, 2.45) is 0 Å². The molecule has 2 saturated heterocycles. The van der Waals surface area contributed by atoms with Gasteiger partial charge >= 0.3 is 0 Å². The summed E-state index contributed by atoms with van der Waals surface area (Å²) in [6.45, 7) is 2.61. The summed E-state index contributed by atoms with van der Waals surface area (Å²) in [5.41, 5.74) is 0. The third-order valence-corrected chi connectivity index (χ3v) is 3.60. The van der Waals surface area contributed by atoms with Crippen LogP contribution in [0, 0.1) is 0 Å². The van der Waals surface area contributed by atoms with Crippen molar-refractivity contribution in [1.29, 1.82) is 0 Å². The lowest BCUT2D eigenvalue weighted by molar-refractivity contribution is -0.157. The van der Waals surface area contributed by atoms with Gasteiger partial charge in [0.2, 0.25) is 11.8 Å². The largest absolute Gasteiger partial charge is 0.332 e. The Kier molecular flexibility index (Phi) is 3.99. The summed E-state index contributed by atoms with van der Waals surface area (Å²) in [5, 5.41) is 3.06. The monoisotopic (exact) mass is 239 g/mol. The van der Waals surface area contributed by atoms with Crippen LogP contribution in [0.3, 0.4) is 0 Å². The summed E-state index contributed by atoms with van der Waals surface area (Å²) >= 11 is 0. The van der Waals surface area contributed by atoms with Gasteiger partial charge in [0, 0.05) is 13.1 Å². The maximum atomic E-state index is 12.2. The van der Waals surface area contributed by atoms with Crippen molar-refractivity contribution in [1.82, 2.24) is 15.1 Å². The molecule has 0 aliphatic carbocycles. The highest BCUT2D eigenvalue weighted by Gasteiger charge is 2.39. The minimum absolute atomic E-state index is 0.124. The molecule has 0 bridgehead atoms. The zero-order chi connectivity index (χ0) is 12.3. The average Bonchev–Trinajstić information content (AvgIpc) is 2.36. The quantitative estimate of drug-likeness (QED) is 0.692. The Hall–Kier alpha value is -1.10. The van der Waals surface area contributed by atoms with Crippen molar-refractivity contribution in [3.8, 4) is 0 Å². The van der Waals surface area contributed by atoms with E-state index in [4.69, 9.17) is 0 Å². The van der Waals surface area contributed by atoms with Gasteiger partial charge in [0.25, 0.3) is 0 Å². The summed E-state index contributed by atoms with van der Waals surface area (Å²) in [6.07, 6.45) is 3.84. The predicted molar refractivity (Wildman–Crippen MR) is 64.5 cm³/mol. The topological polar surface area (TPSA) is 52.7 Å². The molecule has 2 fully saturated rings. The normalized spacial score (nSPS) is 25.1. The number of rotatable bonds is 4. The smallest absolute Gasteiger partial charge is 0.245 e. The van der Waals surface area contributed by atoms with Gasteiger partial charge in [0.15, 0.2) is 0 Å². The summed E-state index contributed by atoms with van der Waals surface area (Å²) in [6, 6.07) is -0.167. The minimum atomic E-state index is -0.167. The molecular weight excluding hydrogens is 218 g/mol. The number of piperidine rings is 1. The van der Waals surface area contributed by atoms with Crippen LogP contribution in [0.1, 0.15) is 25.7 Å². The molecular formula is C12H21N3O2. The molecule has 1 N–H and O–H groups in total. The van der Waals surface area contributed by atoms with Gasteiger partial charge in [-0.25, -0.2) is 0 Å². The first-order valence-corrected chi connectivity index (χ1v) is 6.47. The molecule has 2 heterocycles. The highest BCUT2D eigenvalue weighted by molar-refractivity contribution is 5.95. The van der Waals surface area contributed by atoms with Gasteiger partial charge in [-0.15, -0.1) is 0 Å². The molecule has 0 spiro atoms. The van der Waals surface area contributed by atoms with Gasteiger partial charge in [-0.3, -0.25) is 9.59 Å². The second-order valence-electron chi connectivity index (χ2n) is 4.82. The number of amides is 2. The molecule has 1 atom stereocenters. The van der Waals surface area contributed by atoms with E-state index in [1.807, 2.05) is 7.05 Å². The minimum Gasteiger partial charge on any atom is -0.332 e. The molecule has 0 aromatic heterocycles. The van der Waals surface area contributed by atoms with Crippen molar-refractivity contribution in [2.75, 3.05) is 33.2 Å². The van der Waals surface area contributed by atoms with E-state index in [9.17, 15) is 9.59 Å². The third kappa shape index (κ3) is 2.60. The Labute approximate surface area is 102 Å². The van der Waals surface area contributed by atoms with Gasteiger partial charge in [0.05, 0.1) is 6.54 Å². The lowest BCUT2D eigenvalue weighted by Gasteiger charge is -2.42. The van der Waals surface area contributed by atoms with Crippen LogP contribution >= 0.6 is 0 Å². The molecule has 5 nitrogen and oxygen atoms in total. The second-order valence-corrected chi connectivity index (χ2v) is 4.82. The highest BCUT2D eigenvalue weighted by atomic mass is 16.2. The zero-order valence-corrected chi connectivity index (χ0v) is 10.4. The van der Waals surface area contributed by atoms with Crippen LogP contribution in [-0.2, 0) is 9.59 Å². The van der Waals surface area contributed by atoms with Gasteiger partial charge in [0.1, 0.15) is 6.04 Å². The summed E-state index contributed by atoms with van der Waals surface area (Å²) in [5.74, 6) is 0.277. The van der Waals surface area contributed by atoms with E-state index in [1.54, 1.807) is 9.80 Å². The van der Waals surface area contributed by atoms with Crippen LogP contribution in [0.2, 0.25) is 0 Å². The number of piperazine rings is 1. The molecule has 96 valence electrons. The molecule has 2 rings (SSSR count). The Morgan fingerprint density at radius 3 is 2.94 bits per heavy atom. The van der Waals surface area contributed by atoms with E-state index < -0.39 is 0 Å². The van der Waals surface area contributed by atoms with Crippen molar-refractivity contribution in [3.63, 3.8) is 0 Å². The van der Waals surface area contributed by atoms with E-state index in [1.165, 1.54) is 0 Å². The number of fused-ring (bicyclic) bond motifs is 1. The molecule has 17 heavy (non-hydrogen) atoms. The molecule has 2 amide bonds. The molecule has 5 heteroatoms. The second kappa shape index (κ2) is 5.49. The zero-order valence-electron chi connectivity index (χ0n) is 10.4. The number of carbonyl (C=O) groups is 2. The highest BCUT2D eigenvalue weighted by Crippen LogP contribution is 2.22. The van der Waals surface area contributed by atoms with E-state index in [-0.39, 0.29) is 24.4 Å². The van der Waals surface area contributed by atoms with Crippen LogP contribution in [0.4, 0.5) is 0 Å². The molecule has 2 aliphatic heterocycles. The SMILES string of the molecule is CNCCCN1CC(=O)N2CCCCC2C1=O. The first-order valence-electron chi connectivity index (χ1n) is 6.47. The van der Waals surface area contributed by atoms with Crippen molar-refractivity contribution in [2.45, 2.75) is 31.7 Å². The first-order chi connectivity index (χ1) is 8.24. The van der Waals surface area contributed by atoms with E-state index in [0.29, 0.717) is 6.54 Å². The molecule has 1 unspecified atom stereocenters. The molecule has 0 aromatic carbocycles. The maximum Gasteiger partial charge on any atom is 0.245 e. The van der Waals surface area contributed by atoms with Crippen LogP contribution in [-0.4, -0.2) is 60.9 Å². The fourth-order valence-corrected chi connectivity index (χ4v) is 2.67. The van der Waals surface area contributed by atoms with Crippen LogP contribution in [0.25, 0.3) is 0 Å². The van der Waals surface area contributed by atoms with Crippen LogP contribution in [0.5, 0.6) is 0 Å². The number of carbonyl (C=O) groups excluding carboxylic acids is 2. The third-order valence-electron chi connectivity index (χ3n) is 3.60. The number of nitrogens with one attached hydrogen (secondary N) is 1. The van der Waals surface area contributed by atoms with Crippen molar-refractivity contribution in [3.05, 3.63) is 0 Å². The Balaban J connectivity index is 1.96. The fourth-order valence-electron chi connectivity index (χ4n) is 2.67. The van der Waals surface area contributed by atoms with E-state index in [0.717, 1.165) is 38.8 Å². The Morgan fingerprint density at radius 1 is 1.35 bits per heavy atom. The molecule has 0 saturated carbocycles. The molecule has 2 aliphatic rings. The van der Waals surface area contributed by atoms with Gasteiger partial charge in [-0.1, -0.05) is 0 Å². The number of nitrogens with zero attached hydrogens (tertiary/aromatic N) is 2. The molecule has 0 aromatic rings.